The van der Waals surface area contributed by atoms with Crippen LogP contribution in [0.5, 0.6) is 0 Å². The number of sulfone groups is 1. The van der Waals surface area contributed by atoms with Crippen molar-refractivity contribution in [3.8, 4) is 0 Å². The lowest BCUT2D eigenvalue weighted by Gasteiger charge is -2.21. The minimum absolute atomic E-state index is 0.157. The fourth-order valence-electron chi connectivity index (χ4n) is 1.79. The van der Waals surface area contributed by atoms with Gasteiger partial charge in [-0.2, -0.15) is 0 Å². The van der Waals surface area contributed by atoms with Gasteiger partial charge in [-0.05, 0) is 50.3 Å². The van der Waals surface area contributed by atoms with Crippen LogP contribution in [0.2, 0.25) is 0 Å². The Balaban J connectivity index is 3.19. The third-order valence-electron chi connectivity index (χ3n) is 2.75. The van der Waals surface area contributed by atoms with Gasteiger partial charge in [0.2, 0.25) is 0 Å². The first-order valence-electron chi connectivity index (χ1n) is 6.27. The first kappa shape index (κ1) is 15.2. The molecule has 0 saturated heterocycles. The van der Waals surface area contributed by atoms with Crippen molar-refractivity contribution in [2.45, 2.75) is 57.6 Å². The van der Waals surface area contributed by atoms with Crippen molar-refractivity contribution in [1.29, 1.82) is 0 Å². The molecule has 18 heavy (non-hydrogen) atoms. The summed E-state index contributed by atoms with van der Waals surface area (Å²) in [5.41, 5.74) is 1.23. The molecule has 3 heteroatoms. The third kappa shape index (κ3) is 3.58. The van der Waals surface area contributed by atoms with E-state index in [4.69, 9.17) is 0 Å². The van der Waals surface area contributed by atoms with Gasteiger partial charge in [-0.1, -0.05) is 32.9 Å². The lowest BCUT2D eigenvalue weighted by Crippen LogP contribution is -2.28. The van der Waals surface area contributed by atoms with E-state index in [1.807, 2.05) is 18.2 Å². The van der Waals surface area contributed by atoms with Gasteiger partial charge in [0.05, 0.1) is 9.64 Å². The number of hydrogen-bond acceptors (Lipinski definition) is 2. The van der Waals surface area contributed by atoms with E-state index in [9.17, 15) is 8.42 Å². The Labute approximate surface area is 111 Å². The average Bonchev–Trinajstić information content (AvgIpc) is 2.13. The van der Waals surface area contributed by atoms with Crippen molar-refractivity contribution in [2.75, 3.05) is 0 Å². The van der Waals surface area contributed by atoms with Gasteiger partial charge in [0.25, 0.3) is 0 Å². The van der Waals surface area contributed by atoms with Crippen molar-refractivity contribution >= 4 is 9.84 Å². The second-order valence-electron chi connectivity index (χ2n) is 7.00. The van der Waals surface area contributed by atoms with Crippen LogP contribution < -0.4 is 0 Å². The average molecular weight is 268 g/mol. The molecular weight excluding hydrogens is 244 g/mol. The van der Waals surface area contributed by atoms with E-state index in [2.05, 4.69) is 20.8 Å². The molecule has 1 aromatic rings. The summed E-state index contributed by atoms with van der Waals surface area (Å²) in [6, 6.07) is 7.32. The van der Waals surface area contributed by atoms with E-state index in [1.165, 1.54) is 0 Å². The van der Waals surface area contributed by atoms with Crippen LogP contribution in [0.15, 0.2) is 29.2 Å². The second-order valence-corrected chi connectivity index (χ2v) is 9.70. The highest BCUT2D eigenvalue weighted by Crippen LogP contribution is 2.27. The van der Waals surface area contributed by atoms with Crippen molar-refractivity contribution in [1.82, 2.24) is 0 Å². The molecular formula is C15H24O2S. The lowest BCUT2D eigenvalue weighted by atomic mass is 9.88. The third-order valence-corrected chi connectivity index (χ3v) is 5.24. The van der Waals surface area contributed by atoms with E-state index >= 15 is 0 Å². The van der Waals surface area contributed by atoms with Gasteiger partial charge in [0.1, 0.15) is 0 Å². The summed E-state index contributed by atoms with van der Waals surface area (Å²) in [5.74, 6) is 0. The van der Waals surface area contributed by atoms with E-state index in [1.54, 1.807) is 26.8 Å². The molecule has 0 heterocycles. The molecule has 0 aliphatic rings. The second kappa shape index (κ2) is 4.69. The van der Waals surface area contributed by atoms with Gasteiger partial charge in [-0.3, -0.25) is 0 Å². The SMILES string of the molecule is CC(C)(C)Cc1cccc(S(=O)(=O)C(C)(C)C)c1. The predicted molar refractivity (Wildman–Crippen MR) is 76.5 cm³/mol. The standard InChI is InChI=1S/C15H24O2S/c1-14(2,3)11-12-8-7-9-13(10-12)18(16,17)15(4,5)6/h7-10H,11H2,1-6H3. The van der Waals surface area contributed by atoms with Crippen molar-refractivity contribution < 1.29 is 8.42 Å². The largest absolute Gasteiger partial charge is 0.223 e. The fraction of sp³-hybridized carbons (Fsp3) is 0.600. The Bertz CT molecular complexity index is 514. The molecule has 1 rings (SSSR count). The van der Waals surface area contributed by atoms with Crippen LogP contribution in [0, 0.1) is 5.41 Å². The zero-order chi connectivity index (χ0) is 14.2. The van der Waals surface area contributed by atoms with Crippen LogP contribution in [0.4, 0.5) is 0 Å². The Morgan fingerprint density at radius 2 is 1.56 bits per heavy atom. The monoisotopic (exact) mass is 268 g/mol. The quantitative estimate of drug-likeness (QED) is 0.816. The molecule has 0 bridgehead atoms. The van der Waals surface area contributed by atoms with E-state index < -0.39 is 14.6 Å². The number of hydrogen-bond donors (Lipinski definition) is 0. The first-order valence-corrected chi connectivity index (χ1v) is 7.75. The Kier molecular flexibility index (Phi) is 3.97. The molecule has 0 amide bonds. The number of rotatable bonds is 2. The predicted octanol–water partition coefficient (Wildman–Crippen LogP) is 3.85. The summed E-state index contributed by atoms with van der Waals surface area (Å²) in [6.45, 7) is 11.7. The summed E-state index contributed by atoms with van der Waals surface area (Å²) in [4.78, 5) is 0.428. The minimum atomic E-state index is -3.25. The topological polar surface area (TPSA) is 34.1 Å². The van der Waals surface area contributed by atoms with Gasteiger partial charge in [0.15, 0.2) is 9.84 Å². The molecule has 0 saturated carbocycles. The summed E-state index contributed by atoms with van der Waals surface area (Å²) in [7, 11) is -3.25. The van der Waals surface area contributed by atoms with Gasteiger partial charge in [0, 0.05) is 0 Å². The van der Waals surface area contributed by atoms with Crippen LogP contribution in [0.25, 0.3) is 0 Å². The van der Waals surface area contributed by atoms with Gasteiger partial charge in [-0.25, -0.2) is 8.42 Å². The molecule has 0 unspecified atom stereocenters. The highest BCUT2D eigenvalue weighted by atomic mass is 32.2. The lowest BCUT2D eigenvalue weighted by molar-refractivity contribution is 0.411. The van der Waals surface area contributed by atoms with E-state index in [-0.39, 0.29) is 5.41 Å². The highest BCUT2D eigenvalue weighted by molar-refractivity contribution is 7.92. The molecule has 0 spiro atoms. The molecule has 0 N–H and O–H groups in total. The normalized spacial score (nSPS) is 13.7. The van der Waals surface area contributed by atoms with Crippen LogP contribution in [0.1, 0.15) is 47.1 Å². The van der Waals surface area contributed by atoms with Crippen molar-refractivity contribution in [3.05, 3.63) is 29.8 Å². The van der Waals surface area contributed by atoms with E-state index in [0.717, 1.165) is 12.0 Å². The maximum absolute atomic E-state index is 12.4. The summed E-state index contributed by atoms with van der Waals surface area (Å²) in [6.07, 6.45) is 0.875. The molecule has 2 nitrogen and oxygen atoms in total. The maximum Gasteiger partial charge on any atom is 0.183 e. The molecule has 1 aromatic carbocycles. The van der Waals surface area contributed by atoms with Crippen LogP contribution in [-0.4, -0.2) is 13.2 Å². The Hall–Kier alpha value is -0.830. The number of benzene rings is 1. The van der Waals surface area contributed by atoms with Crippen molar-refractivity contribution in [2.24, 2.45) is 5.41 Å². The smallest absolute Gasteiger partial charge is 0.183 e. The first-order chi connectivity index (χ1) is 7.93. The zero-order valence-electron chi connectivity index (χ0n) is 12.2. The maximum atomic E-state index is 12.4. The Morgan fingerprint density at radius 3 is 2.00 bits per heavy atom. The molecule has 102 valence electrons. The van der Waals surface area contributed by atoms with E-state index in [0.29, 0.717) is 4.90 Å². The molecule has 0 atom stereocenters. The van der Waals surface area contributed by atoms with Crippen molar-refractivity contribution in [3.63, 3.8) is 0 Å². The summed E-state index contributed by atoms with van der Waals surface area (Å²) >= 11 is 0. The highest BCUT2D eigenvalue weighted by Gasteiger charge is 2.30. The molecule has 0 aliphatic carbocycles. The Morgan fingerprint density at radius 1 is 1.00 bits per heavy atom. The van der Waals surface area contributed by atoms with Gasteiger partial charge < -0.3 is 0 Å². The summed E-state index contributed by atoms with van der Waals surface area (Å²) in [5, 5.41) is 0. The minimum Gasteiger partial charge on any atom is -0.223 e. The molecule has 0 aromatic heterocycles. The van der Waals surface area contributed by atoms with Gasteiger partial charge >= 0.3 is 0 Å². The van der Waals surface area contributed by atoms with Gasteiger partial charge in [-0.15, -0.1) is 0 Å². The van der Waals surface area contributed by atoms with Crippen LogP contribution in [-0.2, 0) is 16.3 Å². The van der Waals surface area contributed by atoms with Crippen LogP contribution in [0.3, 0.4) is 0 Å². The molecule has 0 aliphatic heterocycles. The molecule has 0 radical (unpaired) electrons. The van der Waals surface area contributed by atoms with Crippen LogP contribution >= 0.6 is 0 Å². The molecule has 0 fully saturated rings. The summed E-state index contributed by atoms with van der Waals surface area (Å²) < 4.78 is 24.0. The zero-order valence-corrected chi connectivity index (χ0v) is 13.1. The fourth-order valence-corrected chi connectivity index (χ4v) is 3.06.